The molecule has 6 heteroatoms. The zero-order chi connectivity index (χ0) is 16.4. The van der Waals surface area contributed by atoms with E-state index in [0.717, 1.165) is 18.0 Å². The predicted octanol–water partition coefficient (Wildman–Crippen LogP) is 3.59. The summed E-state index contributed by atoms with van der Waals surface area (Å²) in [4.78, 5) is 16.8. The van der Waals surface area contributed by atoms with Crippen molar-refractivity contribution in [1.29, 1.82) is 0 Å². The summed E-state index contributed by atoms with van der Waals surface area (Å²) < 4.78 is 6.96. The lowest BCUT2D eigenvalue weighted by atomic mass is 9.85. The van der Waals surface area contributed by atoms with Gasteiger partial charge in [0.25, 0.3) is 5.91 Å². The number of nitrogens with zero attached hydrogens (tertiary/aromatic N) is 3. The first-order valence-electron chi connectivity index (χ1n) is 8.11. The average molecular weight is 322 g/mol. The fourth-order valence-corrected chi connectivity index (χ4v) is 2.80. The van der Waals surface area contributed by atoms with E-state index in [2.05, 4.69) is 15.4 Å². The Morgan fingerprint density at radius 2 is 2.25 bits per heavy atom. The number of hydrogen-bond donors (Lipinski definition) is 1. The number of anilines is 1. The highest BCUT2D eigenvalue weighted by Crippen LogP contribution is 2.27. The summed E-state index contributed by atoms with van der Waals surface area (Å²) in [6.45, 7) is 0.921. The first-order chi connectivity index (χ1) is 11.8. The fourth-order valence-electron chi connectivity index (χ4n) is 2.80. The lowest BCUT2D eigenvalue weighted by molar-refractivity contribution is 0.102. The lowest BCUT2D eigenvalue weighted by Gasteiger charge is -2.24. The van der Waals surface area contributed by atoms with E-state index < -0.39 is 0 Å². The SMILES string of the molecule is O=C(Nc1cnn(CC2CCC2)c1)c1cccc(-c2ccoc2)n1. The second-order valence-corrected chi connectivity index (χ2v) is 6.12. The zero-order valence-corrected chi connectivity index (χ0v) is 13.2. The van der Waals surface area contributed by atoms with Gasteiger partial charge in [-0.3, -0.25) is 9.48 Å². The van der Waals surface area contributed by atoms with Crippen LogP contribution >= 0.6 is 0 Å². The van der Waals surface area contributed by atoms with Gasteiger partial charge >= 0.3 is 0 Å². The van der Waals surface area contributed by atoms with Crippen molar-refractivity contribution in [2.24, 2.45) is 5.92 Å². The molecular weight excluding hydrogens is 304 g/mol. The summed E-state index contributed by atoms with van der Waals surface area (Å²) >= 11 is 0. The minimum atomic E-state index is -0.247. The van der Waals surface area contributed by atoms with Crippen molar-refractivity contribution in [2.45, 2.75) is 25.8 Å². The lowest BCUT2D eigenvalue weighted by Crippen LogP contribution is -2.18. The van der Waals surface area contributed by atoms with Crippen molar-refractivity contribution in [3.8, 4) is 11.3 Å². The van der Waals surface area contributed by atoms with Crippen molar-refractivity contribution in [3.05, 3.63) is 54.9 Å². The van der Waals surface area contributed by atoms with Gasteiger partial charge < -0.3 is 9.73 Å². The molecule has 122 valence electrons. The van der Waals surface area contributed by atoms with Gasteiger partial charge in [-0.2, -0.15) is 5.10 Å². The number of pyridine rings is 1. The summed E-state index contributed by atoms with van der Waals surface area (Å²) in [6.07, 6.45) is 10.6. The number of carbonyl (C=O) groups is 1. The maximum atomic E-state index is 12.4. The van der Waals surface area contributed by atoms with Crippen LogP contribution in [0.4, 0.5) is 5.69 Å². The second kappa shape index (κ2) is 6.31. The van der Waals surface area contributed by atoms with E-state index in [-0.39, 0.29) is 5.91 Å². The van der Waals surface area contributed by atoms with E-state index in [1.807, 2.05) is 29.1 Å². The van der Waals surface area contributed by atoms with Crippen LogP contribution in [-0.2, 0) is 6.54 Å². The van der Waals surface area contributed by atoms with Crippen LogP contribution in [0.2, 0.25) is 0 Å². The highest BCUT2D eigenvalue weighted by Gasteiger charge is 2.18. The minimum absolute atomic E-state index is 0.247. The summed E-state index contributed by atoms with van der Waals surface area (Å²) in [5.41, 5.74) is 2.60. The van der Waals surface area contributed by atoms with E-state index in [0.29, 0.717) is 17.1 Å². The van der Waals surface area contributed by atoms with Gasteiger partial charge in [-0.15, -0.1) is 0 Å². The Labute approximate surface area is 139 Å². The Balaban J connectivity index is 1.45. The third-order valence-corrected chi connectivity index (χ3v) is 4.36. The average Bonchev–Trinajstić information content (AvgIpc) is 3.23. The van der Waals surface area contributed by atoms with E-state index >= 15 is 0 Å². The molecule has 0 unspecified atom stereocenters. The number of hydrogen-bond acceptors (Lipinski definition) is 4. The van der Waals surface area contributed by atoms with Gasteiger partial charge in [0.2, 0.25) is 0 Å². The van der Waals surface area contributed by atoms with E-state index in [9.17, 15) is 4.79 Å². The molecule has 1 N–H and O–H groups in total. The molecule has 3 heterocycles. The smallest absolute Gasteiger partial charge is 0.274 e. The van der Waals surface area contributed by atoms with Crippen LogP contribution in [0.1, 0.15) is 29.8 Å². The van der Waals surface area contributed by atoms with Crippen LogP contribution in [0.3, 0.4) is 0 Å². The summed E-state index contributed by atoms with van der Waals surface area (Å²) in [5, 5.41) is 7.16. The fraction of sp³-hybridized carbons (Fsp3) is 0.278. The van der Waals surface area contributed by atoms with Gasteiger partial charge in [0.15, 0.2) is 0 Å². The zero-order valence-electron chi connectivity index (χ0n) is 13.2. The molecule has 0 radical (unpaired) electrons. The second-order valence-electron chi connectivity index (χ2n) is 6.12. The normalized spacial score (nSPS) is 14.3. The van der Waals surface area contributed by atoms with Crippen LogP contribution in [0.5, 0.6) is 0 Å². The van der Waals surface area contributed by atoms with Crippen LogP contribution in [0.25, 0.3) is 11.3 Å². The first kappa shape index (κ1) is 14.7. The van der Waals surface area contributed by atoms with Gasteiger partial charge in [-0.1, -0.05) is 12.5 Å². The van der Waals surface area contributed by atoms with E-state index in [4.69, 9.17) is 4.42 Å². The number of nitrogens with one attached hydrogen (secondary N) is 1. The maximum Gasteiger partial charge on any atom is 0.274 e. The largest absolute Gasteiger partial charge is 0.472 e. The molecule has 1 aliphatic rings. The molecule has 0 bridgehead atoms. The van der Waals surface area contributed by atoms with Gasteiger partial charge in [0.1, 0.15) is 5.69 Å². The monoisotopic (exact) mass is 322 g/mol. The van der Waals surface area contributed by atoms with Crippen molar-refractivity contribution in [2.75, 3.05) is 5.32 Å². The highest BCUT2D eigenvalue weighted by atomic mass is 16.3. The van der Waals surface area contributed by atoms with Gasteiger partial charge in [-0.05, 0) is 37.0 Å². The molecule has 0 aromatic carbocycles. The van der Waals surface area contributed by atoms with Crippen LogP contribution in [0.15, 0.2) is 53.6 Å². The molecule has 1 aliphatic carbocycles. The Morgan fingerprint density at radius 3 is 3.00 bits per heavy atom. The molecule has 1 amide bonds. The number of aromatic nitrogens is 3. The predicted molar refractivity (Wildman–Crippen MR) is 89.5 cm³/mol. The third-order valence-electron chi connectivity index (χ3n) is 4.36. The molecule has 0 saturated heterocycles. The quantitative estimate of drug-likeness (QED) is 0.779. The summed E-state index contributed by atoms with van der Waals surface area (Å²) in [7, 11) is 0. The van der Waals surface area contributed by atoms with E-state index in [1.165, 1.54) is 19.3 Å². The van der Waals surface area contributed by atoms with Gasteiger partial charge in [-0.25, -0.2) is 4.98 Å². The number of furan rings is 1. The van der Waals surface area contributed by atoms with Gasteiger partial charge in [0, 0.05) is 18.3 Å². The molecule has 3 aromatic heterocycles. The molecule has 24 heavy (non-hydrogen) atoms. The minimum Gasteiger partial charge on any atom is -0.472 e. The molecule has 0 atom stereocenters. The van der Waals surface area contributed by atoms with Crippen molar-refractivity contribution >= 4 is 11.6 Å². The van der Waals surface area contributed by atoms with Crippen LogP contribution in [0, 0.1) is 5.92 Å². The maximum absolute atomic E-state index is 12.4. The topological polar surface area (TPSA) is 73.0 Å². The molecular formula is C18H18N4O2. The summed E-state index contributed by atoms with van der Waals surface area (Å²) in [6, 6.07) is 7.16. The number of carbonyl (C=O) groups excluding carboxylic acids is 1. The third kappa shape index (κ3) is 3.08. The van der Waals surface area contributed by atoms with Crippen molar-refractivity contribution in [1.82, 2.24) is 14.8 Å². The highest BCUT2D eigenvalue weighted by molar-refractivity contribution is 6.03. The van der Waals surface area contributed by atoms with Crippen LogP contribution in [-0.4, -0.2) is 20.7 Å². The Kier molecular flexibility index (Phi) is 3.86. The van der Waals surface area contributed by atoms with Crippen molar-refractivity contribution < 1.29 is 9.21 Å². The summed E-state index contributed by atoms with van der Waals surface area (Å²) in [5.74, 6) is 0.477. The van der Waals surface area contributed by atoms with Crippen molar-refractivity contribution in [3.63, 3.8) is 0 Å². The van der Waals surface area contributed by atoms with Crippen LogP contribution < -0.4 is 5.32 Å². The Bertz CT molecular complexity index is 834. The Morgan fingerprint density at radius 1 is 1.33 bits per heavy atom. The first-order valence-corrected chi connectivity index (χ1v) is 8.11. The Hall–Kier alpha value is -2.89. The standard InChI is InChI=1S/C18H18N4O2/c23-18(17-6-2-5-16(21-17)14-7-8-24-12-14)20-15-9-19-22(11-15)10-13-3-1-4-13/h2,5-9,11-13H,1,3-4,10H2,(H,20,23). The molecule has 1 fully saturated rings. The molecule has 3 aromatic rings. The van der Waals surface area contributed by atoms with Gasteiger partial charge in [0.05, 0.1) is 30.1 Å². The van der Waals surface area contributed by atoms with E-state index in [1.54, 1.807) is 24.8 Å². The number of rotatable bonds is 5. The molecule has 0 spiro atoms. The molecule has 1 saturated carbocycles. The number of amides is 1. The molecule has 0 aliphatic heterocycles. The molecule has 6 nitrogen and oxygen atoms in total. The molecule has 4 rings (SSSR count).